The maximum absolute atomic E-state index is 14.0. The summed E-state index contributed by atoms with van der Waals surface area (Å²) in [5.41, 5.74) is 2.71. The van der Waals surface area contributed by atoms with Crippen LogP contribution in [0.2, 0.25) is 0 Å². The fourth-order valence-electron chi connectivity index (χ4n) is 6.42. The number of piperidine rings is 1. The van der Waals surface area contributed by atoms with Gasteiger partial charge in [0.05, 0.1) is 19.8 Å². The van der Waals surface area contributed by atoms with Crippen molar-refractivity contribution in [3.8, 4) is 0 Å². The van der Waals surface area contributed by atoms with Crippen molar-refractivity contribution in [2.24, 2.45) is 0 Å². The number of amides is 2. The van der Waals surface area contributed by atoms with Crippen LogP contribution in [0.3, 0.4) is 0 Å². The fourth-order valence-corrected chi connectivity index (χ4v) is 6.42. The molecule has 7 nitrogen and oxygen atoms in total. The van der Waals surface area contributed by atoms with E-state index in [2.05, 4.69) is 53.1 Å². The Morgan fingerprint density at radius 3 is 2.39 bits per heavy atom. The summed E-state index contributed by atoms with van der Waals surface area (Å²) in [7, 11) is 1.70. The molecule has 6 rings (SSSR count). The van der Waals surface area contributed by atoms with Gasteiger partial charge in [-0.3, -0.25) is 9.69 Å². The first-order valence-electron chi connectivity index (χ1n) is 13.3. The molecule has 3 aliphatic heterocycles. The molecule has 38 heavy (non-hydrogen) atoms. The molecule has 8 heteroatoms. The van der Waals surface area contributed by atoms with Gasteiger partial charge in [-0.2, -0.15) is 0 Å². The molecular weight excluding hydrogens is 483 g/mol. The van der Waals surface area contributed by atoms with E-state index in [0.29, 0.717) is 32.6 Å². The Hall–Kier alpha value is -3.65. The van der Waals surface area contributed by atoms with Crippen LogP contribution in [0.4, 0.5) is 14.9 Å². The van der Waals surface area contributed by atoms with Gasteiger partial charge in [0.15, 0.2) is 0 Å². The number of likely N-dealkylation sites (tertiary alicyclic amines) is 1. The summed E-state index contributed by atoms with van der Waals surface area (Å²) >= 11 is 0. The zero-order valence-electron chi connectivity index (χ0n) is 21.9. The highest BCUT2D eigenvalue weighted by atomic mass is 19.1. The van der Waals surface area contributed by atoms with Crippen molar-refractivity contribution >= 4 is 28.5 Å². The van der Waals surface area contributed by atoms with E-state index < -0.39 is 5.54 Å². The second-order valence-corrected chi connectivity index (χ2v) is 10.9. The Labute approximate surface area is 222 Å². The third kappa shape index (κ3) is 4.26. The molecule has 0 radical (unpaired) electrons. The largest absolute Gasteiger partial charge is 0.442 e. The van der Waals surface area contributed by atoms with Crippen LogP contribution in [0.5, 0.6) is 0 Å². The molecule has 0 saturated carbocycles. The van der Waals surface area contributed by atoms with Crippen molar-refractivity contribution in [2.45, 2.75) is 38.0 Å². The molecule has 1 atom stereocenters. The number of nitrogens with zero attached hydrogens (tertiary/aromatic N) is 4. The second-order valence-electron chi connectivity index (χ2n) is 10.9. The summed E-state index contributed by atoms with van der Waals surface area (Å²) in [6.07, 6.45) is 0.641. The maximum Gasteiger partial charge on any atom is 0.410 e. The van der Waals surface area contributed by atoms with Crippen LogP contribution in [-0.2, 0) is 16.1 Å². The first-order chi connectivity index (χ1) is 18.3. The average Bonchev–Trinajstić information content (AvgIpc) is 3.36. The Morgan fingerprint density at radius 1 is 1.00 bits per heavy atom. The van der Waals surface area contributed by atoms with Gasteiger partial charge in [0, 0.05) is 32.4 Å². The first kappa shape index (κ1) is 24.7. The lowest BCUT2D eigenvalue weighted by molar-refractivity contribution is -0.134. The van der Waals surface area contributed by atoms with E-state index in [1.807, 2.05) is 4.90 Å². The molecular formula is C30H33FN4O3. The number of carbonyl (C=O) groups is 2. The van der Waals surface area contributed by atoms with Crippen LogP contribution in [0.25, 0.3) is 10.8 Å². The number of hydrogen-bond acceptors (Lipinski definition) is 5. The minimum Gasteiger partial charge on any atom is -0.442 e. The fraction of sp³-hybridized carbons (Fsp3) is 0.400. The molecule has 3 fully saturated rings. The summed E-state index contributed by atoms with van der Waals surface area (Å²) in [5.74, 6) is -0.237. The third-order valence-corrected chi connectivity index (χ3v) is 8.41. The summed E-state index contributed by atoms with van der Waals surface area (Å²) < 4.78 is 19.2. The van der Waals surface area contributed by atoms with Crippen molar-refractivity contribution in [3.63, 3.8) is 0 Å². The molecule has 0 bridgehead atoms. The van der Waals surface area contributed by atoms with Crippen LogP contribution >= 0.6 is 0 Å². The Morgan fingerprint density at radius 2 is 1.71 bits per heavy atom. The minimum atomic E-state index is -0.697. The molecule has 0 N–H and O–H groups in total. The third-order valence-electron chi connectivity index (χ3n) is 8.41. The summed E-state index contributed by atoms with van der Waals surface area (Å²) in [6, 6.07) is 19.3. The van der Waals surface area contributed by atoms with Gasteiger partial charge in [-0.15, -0.1) is 0 Å². The molecule has 2 amide bonds. The molecule has 3 aliphatic rings. The van der Waals surface area contributed by atoms with E-state index in [1.54, 1.807) is 19.2 Å². The molecule has 3 aromatic carbocycles. The van der Waals surface area contributed by atoms with E-state index in [0.717, 1.165) is 25.3 Å². The predicted molar refractivity (Wildman–Crippen MR) is 144 cm³/mol. The molecule has 3 aromatic rings. The molecule has 3 heterocycles. The number of hydrogen-bond donors (Lipinski definition) is 0. The van der Waals surface area contributed by atoms with Crippen molar-refractivity contribution in [1.82, 2.24) is 14.7 Å². The van der Waals surface area contributed by atoms with E-state index in [9.17, 15) is 14.0 Å². The lowest BCUT2D eigenvalue weighted by atomic mass is 9.85. The molecule has 3 saturated heterocycles. The molecule has 1 unspecified atom stereocenters. The first-order valence-corrected chi connectivity index (χ1v) is 13.3. The highest BCUT2D eigenvalue weighted by Gasteiger charge is 2.54. The van der Waals surface area contributed by atoms with Gasteiger partial charge in [-0.1, -0.05) is 36.4 Å². The Balaban J connectivity index is 1.23. The van der Waals surface area contributed by atoms with Gasteiger partial charge in [0.1, 0.15) is 17.5 Å². The highest BCUT2D eigenvalue weighted by Crippen LogP contribution is 2.40. The van der Waals surface area contributed by atoms with Gasteiger partial charge in [0.2, 0.25) is 5.91 Å². The monoisotopic (exact) mass is 516 g/mol. The number of cyclic esters (lactones) is 1. The van der Waals surface area contributed by atoms with E-state index in [-0.39, 0.29) is 23.9 Å². The number of rotatable bonds is 5. The number of likely N-dealkylation sites (N-methyl/N-ethyl adjacent to an activating group) is 1. The summed E-state index contributed by atoms with van der Waals surface area (Å²) in [6.45, 7) is 5.75. The van der Waals surface area contributed by atoms with Crippen molar-refractivity contribution in [2.75, 3.05) is 44.8 Å². The number of carbonyl (C=O) groups excluding carboxylic acids is 2. The zero-order chi connectivity index (χ0) is 26.4. The quantitative estimate of drug-likeness (QED) is 0.504. The number of fused-ring (bicyclic) bond motifs is 1. The van der Waals surface area contributed by atoms with Crippen LogP contribution in [0.15, 0.2) is 60.7 Å². The molecule has 198 valence electrons. The van der Waals surface area contributed by atoms with Gasteiger partial charge in [0.25, 0.3) is 0 Å². The SMILES string of the molecule is Cc1cccc2cccc(CN3CCC4(CC3)C(=O)N(CC3CN(C)C(=O)O3)CN4c3ccc(F)cc3)c12. The van der Waals surface area contributed by atoms with E-state index >= 15 is 0 Å². The maximum atomic E-state index is 14.0. The smallest absolute Gasteiger partial charge is 0.410 e. The summed E-state index contributed by atoms with van der Waals surface area (Å²) in [5, 5.41) is 2.56. The van der Waals surface area contributed by atoms with Gasteiger partial charge in [-0.25, -0.2) is 9.18 Å². The Kier molecular flexibility index (Phi) is 6.22. The minimum absolute atomic E-state index is 0.0630. The standard InChI is InChI=1S/C30H33FN4O3/c1-21-5-3-6-22-7-4-8-23(27(21)22)17-33-15-13-30(14-16-33)28(36)34(19-26-18-32(2)29(37)38-26)20-35(30)25-11-9-24(31)10-12-25/h3-12,26H,13-20H2,1-2H3. The molecule has 0 aromatic heterocycles. The zero-order valence-corrected chi connectivity index (χ0v) is 21.9. The predicted octanol–water partition coefficient (Wildman–Crippen LogP) is 4.38. The van der Waals surface area contributed by atoms with Crippen LogP contribution in [0.1, 0.15) is 24.0 Å². The van der Waals surface area contributed by atoms with Gasteiger partial charge < -0.3 is 19.4 Å². The molecule has 0 aliphatic carbocycles. The normalized spacial score (nSPS) is 21.7. The number of halogens is 1. The topological polar surface area (TPSA) is 56.3 Å². The highest BCUT2D eigenvalue weighted by molar-refractivity contribution is 5.94. The molecule has 1 spiro atoms. The number of anilines is 1. The van der Waals surface area contributed by atoms with Crippen LogP contribution in [-0.4, -0.2) is 78.2 Å². The van der Waals surface area contributed by atoms with Gasteiger partial charge >= 0.3 is 6.09 Å². The van der Waals surface area contributed by atoms with Crippen molar-refractivity contribution in [1.29, 1.82) is 0 Å². The van der Waals surface area contributed by atoms with Crippen molar-refractivity contribution < 1.29 is 18.7 Å². The Bertz CT molecular complexity index is 1360. The van der Waals surface area contributed by atoms with Crippen LogP contribution in [0, 0.1) is 12.7 Å². The number of ether oxygens (including phenoxy) is 1. The van der Waals surface area contributed by atoms with Crippen LogP contribution < -0.4 is 4.90 Å². The lowest BCUT2D eigenvalue weighted by Gasteiger charge is -2.43. The number of benzene rings is 3. The average molecular weight is 517 g/mol. The van der Waals surface area contributed by atoms with Crippen molar-refractivity contribution in [3.05, 3.63) is 77.6 Å². The van der Waals surface area contributed by atoms with E-state index in [4.69, 9.17) is 4.74 Å². The van der Waals surface area contributed by atoms with Gasteiger partial charge in [-0.05, 0) is 65.9 Å². The van der Waals surface area contributed by atoms with E-state index in [1.165, 1.54) is 38.9 Å². The second kappa shape index (κ2) is 9.58. The summed E-state index contributed by atoms with van der Waals surface area (Å²) in [4.78, 5) is 33.8. The number of aryl methyl sites for hydroxylation is 1. The lowest BCUT2D eigenvalue weighted by Crippen LogP contribution is -2.56.